The molecule has 0 saturated heterocycles. The molecule has 1 aromatic heterocycles. The molecule has 0 aliphatic heterocycles. The monoisotopic (exact) mass is 251 g/mol. The van der Waals surface area contributed by atoms with Gasteiger partial charge in [0.15, 0.2) is 0 Å². The molecule has 5 heteroatoms. The van der Waals surface area contributed by atoms with E-state index < -0.39 is 0 Å². The van der Waals surface area contributed by atoms with Gasteiger partial charge in [-0.25, -0.2) is 14.4 Å². The number of rotatable bonds is 3. The second-order valence-electron chi connectivity index (χ2n) is 3.56. The van der Waals surface area contributed by atoms with Crippen molar-refractivity contribution in [3.05, 3.63) is 58.9 Å². The Balaban J connectivity index is 2.42. The Hall–Kier alpha value is -1.52. The number of hydrogen-bond acceptors (Lipinski definition) is 3. The molecule has 2 aromatic rings. The molecule has 0 amide bonds. The SMILES string of the molecule is CNC(c1cncnc1)c1ccc(F)cc1Cl. The van der Waals surface area contributed by atoms with Crippen LogP contribution in [0.2, 0.25) is 5.02 Å². The zero-order valence-electron chi connectivity index (χ0n) is 9.19. The molecule has 1 atom stereocenters. The first-order valence-corrected chi connectivity index (χ1v) is 5.47. The van der Waals surface area contributed by atoms with Gasteiger partial charge in [-0.2, -0.15) is 0 Å². The van der Waals surface area contributed by atoms with E-state index in [9.17, 15) is 4.39 Å². The summed E-state index contributed by atoms with van der Waals surface area (Å²) in [5.74, 6) is -0.349. The Bertz CT molecular complexity index is 504. The third-order valence-corrected chi connectivity index (χ3v) is 2.80. The number of benzene rings is 1. The van der Waals surface area contributed by atoms with Crippen LogP contribution in [-0.4, -0.2) is 17.0 Å². The summed E-state index contributed by atoms with van der Waals surface area (Å²) in [6.07, 6.45) is 4.87. The van der Waals surface area contributed by atoms with Crippen molar-refractivity contribution in [2.75, 3.05) is 7.05 Å². The third-order valence-electron chi connectivity index (χ3n) is 2.48. The summed E-state index contributed by atoms with van der Waals surface area (Å²) in [5.41, 5.74) is 1.67. The standard InChI is InChI=1S/C12H11ClFN3/c1-15-12(8-5-16-7-17-6-8)10-3-2-9(14)4-11(10)13/h2-7,12,15H,1H3. The number of aromatic nitrogens is 2. The highest BCUT2D eigenvalue weighted by atomic mass is 35.5. The first-order valence-electron chi connectivity index (χ1n) is 5.09. The summed E-state index contributed by atoms with van der Waals surface area (Å²) < 4.78 is 13.0. The van der Waals surface area contributed by atoms with Gasteiger partial charge in [0.1, 0.15) is 12.1 Å². The molecule has 1 N–H and O–H groups in total. The Morgan fingerprint density at radius 1 is 1.29 bits per heavy atom. The van der Waals surface area contributed by atoms with Gasteiger partial charge in [-0.1, -0.05) is 17.7 Å². The average molecular weight is 252 g/mol. The second kappa shape index (κ2) is 5.21. The van der Waals surface area contributed by atoms with Crippen LogP contribution >= 0.6 is 11.6 Å². The fraction of sp³-hybridized carbons (Fsp3) is 0.167. The summed E-state index contributed by atoms with van der Waals surface area (Å²) in [4.78, 5) is 7.92. The maximum atomic E-state index is 13.0. The molecular formula is C12H11ClFN3. The van der Waals surface area contributed by atoms with Crippen LogP contribution in [-0.2, 0) is 0 Å². The molecular weight excluding hydrogens is 241 g/mol. The van der Waals surface area contributed by atoms with Gasteiger partial charge < -0.3 is 5.32 Å². The van der Waals surface area contributed by atoms with Crippen LogP contribution in [0.3, 0.4) is 0 Å². The lowest BCUT2D eigenvalue weighted by Gasteiger charge is -2.17. The zero-order chi connectivity index (χ0) is 12.3. The second-order valence-corrected chi connectivity index (χ2v) is 3.97. The van der Waals surface area contributed by atoms with Crippen molar-refractivity contribution in [1.82, 2.24) is 15.3 Å². The summed E-state index contributed by atoms with van der Waals surface area (Å²) in [5, 5.41) is 3.49. The predicted molar refractivity (Wildman–Crippen MR) is 64.3 cm³/mol. The van der Waals surface area contributed by atoms with Gasteiger partial charge in [0.25, 0.3) is 0 Å². The number of hydrogen-bond donors (Lipinski definition) is 1. The van der Waals surface area contributed by atoms with Gasteiger partial charge in [-0.3, -0.25) is 0 Å². The van der Waals surface area contributed by atoms with E-state index in [2.05, 4.69) is 15.3 Å². The minimum absolute atomic E-state index is 0.149. The summed E-state index contributed by atoms with van der Waals surface area (Å²) >= 11 is 6.03. The normalized spacial score (nSPS) is 12.4. The summed E-state index contributed by atoms with van der Waals surface area (Å²) in [6, 6.07) is 4.19. The van der Waals surface area contributed by atoms with Gasteiger partial charge >= 0.3 is 0 Å². The Labute approximate surface area is 104 Å². The topological polar surface area (TPSA) is 37.8 Å². The Morgan fingerprint density at radius 2 is 2.00 bits per heavy atom. The van der Waals surface area contributed by atoms with E-state index in [1.165, 1.54) is 18.5 Å². The van der Waals surface area contributed by atoms with Crippen LogP contribution in [0.4, 0.5) is 4.39 Å². The van der Waals surface area contributed by atoms with Gasteiger partial charge in [0.05, 0.1) is 6.04 Å². The summed E-state index contributed by atoms with van der Waals surface area (Å²) in [7, 11) is 1.80. The molecule has 0 aliphatic carbocycles. The van der Waals surface area contributed by atoms with Crippen LogP contribution in [0.5, 0.6) is 0 Å². The van der Waals surface area contributed by atoms with Crippen LogP contribution < -0.4 is 5.32 Å². The molecule has 1 unspecified atom stereocenters. The zero-order valence-corrected chi connectivity index (χ0v) is 9.95. The molecule has 0 spiro atoms. The summed E-state index contributed by atoms with van der Waals surface area (Å²) in [6.45, 7) is 0. The van der Waals surface area contributed by atoms with Gasteiger partial charge in [-0.15, -0.1) is 0 Å². The van der Waals surface area contributed by atoms with Crippen molar-refractivity contribution in [2.24, 2.45) is 0 Å². The highest BCUT2D eigenvalue weighted by molar-refractivity contribution is 6.31. The molecule has 3 nitrogen and oxygen atoms in total. The number of nitrogens with zero attached hydrogens (tertiary/aromatic N) is 2. The number of nitrogens with one attached hydrogen (secondary N) is 1. The van der Waals surface area contributed by atoms with Crippen molar-refractivity contribution >= 4 is 11.6 Å². The predicted octanol–water partition coefficient (Wildman–Crippen LogP) is 2.58. The minimum Gasteiger partial charge on any atom is -0.309 e. The highest BCUT2D eigenvalue weighted by Gasteiger charge is 2.15. The third kappa shape index (κ3) is 2.60. The Morgan fingerprint density at radius 3 is 2.59 bits per heavy atom. The van der Waals surface area contributed by atoms with E-state index in [0.29, 0.717) is 5.02 Å². The maximum Gasteiger partial charge on any atom is 0.124 e. The van der Waals surface area contributed by atoms with Crippen molar-refractivity contribution in [3.63, 3.8) is 0 Å². The minimum atomic E-state index is -0.349. The van der Waals surface area contributed by atoms with Crippen molar-refractivity contribution in [2.45, 2.75) is 6.04 Å². The van der Waals surface area contributed by atoms with Crippen molar-refractivity contribution < 1.29 is 4.39 Å². The van der Waals surface area contributed by atoms with Gasteiger partial charge in [0, 0.05) is 23.0 Å². The molecule has 1 aromatic carbocycles. The van der Waals surface area contributed by atoms with Crippen LogP contribution in [0, 0.1) is 5.82 Å². The van der Waals surface area contributed by atoms with E-state index in [1.807, 2.05) is 0 Å². The molecule has 0 radical (unpaired) electrons. The molecule has 17 heavy (non-hydrogen) atoms. The molecule has 0 fully saturated rings. The van der Waals surface area contributed by atoms with Crippen molar-refractivity contribution in [3.8, 4) is 0 Å². The quantitative estimate of drug-likeness (QED) is 0.911. The van der Waals surface area contributed by atoms with E-state index in [0.717, 1.165) is 11.1 Å². The highest BCUT2D eigenvalue weighted by Crippen LogP contribution is 2.27. The van der Waals surface area contributed by atoms with Crippen LogP contribution in [0.15, 0.2) is 36.9 Å². The molecule has 1 heterocycles. The van der Waals surface area contributed by atoms with E-state index >= 15 is 0 Å². The maximum absolute atomic E-state index is 13.0. The molecule has 2 rings (SSSR count). The first kappa shape index (κ1) is 12.0. The van der Waals surface area contributed by atoms with E-state index in [-0.39, 0.29) is 11.9 Å². The molecule has 0 aliphatic rings. The molecule has 0 bridgehead atoms. The smallest absolute Gasteiger partial charge is 0.124 e. The fourth-order valence-electron chi connectivity index (χ4n) is 1.70. The van der Waals surface area contributed by atoms with E-state index in [1.54, 1.807) is 25.5 Å². The number of halogens is 2. The van der Waals surface area contributed by atoms with Crippen LogP contribution in [0.1, 0.15) is 17.2 Å². The fourth-order valence-corrected chi connectivity index (χ4v) is 1.97. The first-order chi connectivity index (χ1) is 8.22. The molecule has 0 saturated carbocycles. The van der Waals surface area contributed by atoms with E-state index in [4.69, 9.17) is 11.6 Å². The largest absolute Gasteiger partial charge is 0.309 e. The van der Waals surface area contributed by atoms with Crippen LogP contribution in [0.25, 0.3) is 0 Å². The Kier molecular flexibility index (Phi) is 3.66. The molecule has 88 valence electrons. The van der Waals surface area contributed by atoms with Gasteiger partial charge in [-0.05, 0) is 24.7 Å². The van der Waals surface area contributed by atoms with Crippen molar-refractivity contribution in [1.29, 1.82) is 0 Å². The average Bonchev–Trinajstić information content (AvgIpc) is 2.34. The lowest BCUT2D eigenvalue weighted by atomic mass is 10.0. The van der Waals surface area contributed by atoms with Gasteiger partial charge in [0.2, 0.25) is 0 Å². The lowest BCUT2D eigenvalue weighted by Crippen LogP contribution is -2.18. The lowest BCUT2D eigenvalue weighted by molar-refractivity contribution is 0.623.